The number of rotatable bonds is 2. The first-order chi connectivity index (χ1) is 5.27. The Morgan fingerprint density at radius 1 is 1.55 bits per heavy atom. The van der Waals surface area contributed by atoms with Gasteiger partial charge in [-0.3, -0.25) is 0 Å². The highest BCUT2D eigenvalue weighted by molar-refractivity contribution is 4.99. The summed E-state index contributed by atoms with van der Waals surface area (Å²) >= 11 is 0. The molecule has 0 unspecified atom stereocenters. The van der Waals surface area contributed by atoms with E-state index in [9.17, 15) is 0 Å². The quantitative estimate of drug-likeness (QED) is 0.523. The van der Waals surface area contributed by atoms with E-state index in [1.54, 1.807) is 12.2 Å². The Hall–Kier alpha value is -0.420. The van der Waals surface area contributed by atoms with E-state index in [4.69, 9.17) is 19.7 Å². The van der Waals surface area contributed by atoms with Gasteiger partial charge in [0.25, 0.3) is 0 Å². The highest BCUT2D eigenvalue weighted by Gasteiger charge is 2.24. The van der Waals surface area contributed by atoms with Crippen LogP contribution in [0.5, 0.6) is 0 Å². The van der Waals surface area contributed by atoms with Crippen LogP contribution in [0, 0.1) is 0 Å². The van der Waals surface area contributed by atoms with Gasteiger partial charge in [-0.1, -0.05) is 6.08 Å². The number of hydrogen-bond donors (Lipinski definition) is 2. The Morgan fingerprint density at radius 2 is 2.27 bits per heavy atom. The lowest BCUT2D eigenvalue weighted by Crippen LogP contribution is -2.38. The zero-order chi connectivity index (χ0) is 8.27. The van der Waals surface area contributed by atoms with Crippen LogP contribution in [0.4, 0.5) is 0 Å². The summed E-state index contributed by atoms with van der Waals surface area (Å²) in [6.07, 6.45) is 1.42. The maximum absolute atomic E-state index is 9.15. The van der Waals surface area contributed by atoms with Crippen LogP contribution < -0.4 is 0 Å². The molecule has 0 aromatic rings. The lowest BCUT2D eigenvalue weighted by Gasteiger charge is -2.27. The van der Waals surface area contributed by atoms with Gasteiger partial charge in [-0.25, -0.2) is 0 Å². The van der Waals surface area contributed by atoms with Crippen LogP contribution in [-0.4, -0.2) is 42.4 Å². The molecule has 0 saturated carbocycles. The first kappa shape index (κ1) is 8.67. The first-order valence-corrected chi connectivity index (χ1v) is 3.43. The molecule has 1 rings (SSSR count). The largest absolute Gasteiger partial charge is 0.394 e. The number of ether oxygens (including phenoxy) is 2. The van der Waals surface area contributed by atoms with Crippen molar-refractivity contribution >= 4 is 0 Å². The van der Waals surface area contributed by atoms with E-state index in [-0.39, 0.29) is 6.61 Å². The summed E-state index contributed by atoms with van der Waals surface area (Å²) in [7, 11) is 1.50. The molecule has 0 aromatic carbocycles. The predicted molar refractivity (Wildman–Crippen MR) is 37.9 cm³/mol. The molecule has 3 atom stereocenters. The molecule has 2 N–H and O–H groups in total. The Morgan fingerprint density at radius 3 is 2.82 bits per heavy atom. The molecule has 4 heteroatoms. The number of hydrogen-bond acceptors (Lipinski definition) is 4. The van der Waals surface area contributed by atoms with Crippen molar-refractivity contribution in [3.05, 3.63) is 12.2 Å². The van der Waals surface area contributed by atoms with Gasteiger partial charge < -0.3 is 19.7 Å². The van der Waals surface area contributed by atoms with Crippen molar-refractivity contribution in [1.29, 1.82) is 0 Å². The lowest BCUT2D eigenvalue weighted by atomic mass is 10.1. The normalized spacial score (nSPS) is 37.5. The SMILES string of the molecule is CO[C@H]1C=C[C@H](O)[C@H](CO)O1. The molecule has 0 aliphatic carbocycles. The van der Waals surface area contributed by atoms with Crippen molar-refractivity contribution in [3.8, 4) is 0 Å². The molecule has 0 spiro atoms. The molecule has 0 amide bonds. The Kier molecular flexibility index (Phi) is 3.02. The average Bonchev–Trinajstić information content (AvgIpc) is 2.05. The first-order valence-electron chi connectivity index (χ1n) is 3.43. The van der Waals surface area contributed by atoms with Gasteiger partial charge >= 0.3 is 0 Å². The third kappa shape index (κ3) is 2.00. The van der Waals surface area contributed by atoms with Gasteiger partial charge in [-0.05, 0) is 6.08 Å². The van der Waals surface area contributed by atoms with Crippen molar-refractivity contribution in [2.24, 2.45) is 0 Å². The lowest BCUT2D eigenvalue weighted by molar-refractivity contribution is -0.168. The van der Waals surface area contributed by atoms with Gasteiger partial charge in [-0.2, -0.15) is 0 Å². The fourth-order valence-electron chi connectivity index (χ4n) is 0.912. The van der Waals surface area contributed by atoms with Crippen LogP contribution in [0.1, 0.15) is 0 Å². The zero-order valence-corrected chi connectivity index (χ0v) is 6.30. The zero-order valence-electron chi connectivity index (χ0n) is 6.30. The Labute approximate surface area is 65.0 Å². The summed E-state index contributed by atoms with van der Waals surface area (Å²) in [5.41, 5.74) is 0. The minimum absolute atomic E-state index is 0.203. The highest BCUT2D eigenvalue weighted by Crippen LogP contribution is 2.12. The van der Waals surface area contributed by atoms with Crippen LogP contribution in [0.2, 0.25) is 0 Å². The van der Waals surface area contributed by atoms with Gasteiger partial charge in [-0.15, -0.1) is 0 Å². The smallest absolute Gasteiger partial charge is 0.177 e. The summed E-state index contributed by atoms with van der Waals surface area (Å²) in [6, 6.07) is 0. The number of aliphatic hydroxyl groups is 2. The molecule has 64 valence electrons. The number of aliphatic hydroxyl groups excluding tert-OH is 2. The van der Waals surface area contributed by atoms with E-state index in [2.05, 4.69) is 0 Å². The van der Waals surface area contributed by atoms with Crippen LogP contribution >= 0.6 is 0 Å². The van der Waals surface area contributed by atoms with E-state index in [0.717, 1.165) is 0 Å². The minimum atomic E-state index is -0.730. The molecule has 4 nitrogen and oxygen atoms in total. The van der Waals surface area contributed by atoms with Gasteiger partial charge in [0.2, 0.25) is 0 Å². The molecule has 0 radical (unpaired) electrons. The fourth-order valence-corrected chi connectivity index (χ4v) is 0.912. The van der Waals surface area contributed by atoms with E-state index < -0.39 is 18.5 Å². The maximum Gasteiger partial charge on any atom is 0.177 e. The predicted octanol–water partition coefficient (Wildman–Crippen LogP) is -0.733. The van der Waals surface area contributed by atoms with E-state index in [1.165, 1.54) is 7.11 Å². The molecule has 0 fully saturated rings. The van der Waals surface area contributed by atoms with Crippen molar-refractivity contribution in [1.82, 2.24) is 0 Å². The van der Waals surface area contributed by atoms with Crippen molar-refractivity contribution in [3.63, 3.8) is 0 Å². The molecule has 0 bridgehead atoms. The second-order valence-electron chi connectivity index (χ2n) is 2.34. The summed E-state index contributed by atoms with van der Waals surface area (Å²) in [6.45, 7) is -0.203. The Balaban J connectivity index is 2.52. The fraction of sp³-hybridized carbons (Fsp3) is 0.714. The Bertz CT molecular complexity index is 145. The third-order valence-electron chi connectivity index (χ3n) is 1.57. The van der Waals surface area contributed by atoms with Gasteiger partial charge in [0.15, 0.2) is 6.29 Å². The molecule has 1 aliphatic heterocycles. The maximum atomic E-state index is 9.15. The molecule has 0 saturated heterocycles. The van der Waals surface area contributed by atoms with Gasteiger partial charge in [0.05, 0.1) is 6.61 Å². The summed E-state index contributed by atoms with van der Waals surface area (Å²) in [5.74, 6) is 0. The highest BCUT2D eigenvalue weighted by atomic mass is 16.7. The average molecular weight is 160 g/mol. The summed E-state index contributed by atoms with van der Waals surface area (Å²) < 4.78 is 9.93. The van der Waals surface area contributed by atoms with Crippen LogP contribution in [0.25, 0.3) is 0 Å². The van der Waals surface area contributed by atoms with E-state index in [1.807, 2.05) is 0 Å². The van der Waals surface area contributed by atoms with E-state index in [0.29, 0.717) is 0 Å². The molecular weight excluding hydrogens is 148 g/mol. The van der Waals surface area contributed by atoms with Crippen molar-refractivity contribution in [2.45, 2.75) is 18.5 Å². The van der Waals surface area contributed by atoms with Crippen LogP contribution in [-0.2, 0) is 9.47 Å². The standard InChI is InChI=1S/C7H12O4/c1-10-7-3-2-5(9)6(4-8)11-7/h2-3,5-9H,4H2,1H3/t5-,6-,7+/m0/s1. The van der Waals surface area contributed by atoms with Crippen molar-refractivity contribution in [2.75, 3.05) is 13.7 Å². The summed E-state index contributed by atoms with van der Waals surface area (Å²) in [4.78, 5) is 0. The second kappa shape index (κ2) is 3.82. The molecule has 0 aromatic heterocycles. The minimum Gasteiger partial charge on any atom is -0.394 e. The van der Waals surface area contributed by atoms with E-state index >= 15 is 0 Å². The third-order valence-corrected chi connectivity index (χ3v) is 1.57. The topological polar surface area (TPSA) is 58.9 Å². The molecule has 11 heavy (non-hydrogen) atoms. The molecule has 1 heterocycles. The van der Waals surface area contributed by atoms with Crippen molar-refractivity contribution < 1.29 is 19.7 Å². The molecule has 1 aliphatic rings. The van der Waals surface area contributed by atoms with Crippen LogP contribution in [0.15, 0.2) is 12.2 Å². The number of methoxy groups -OCH3 is 1. The summed E-state index contributed by atoms with van der Waals surface area (Å²) in [5, 5.41) is 17.9. The van der Waals surface area contributed by atoms with Gasteiger partial charge in [0.1, 0.15) is 12.2 Å². The monoisotopic (exact) mass is 160 g/mol. The molecular formula is C7H12O4. The van der Waals surface area contributed by atoms with Gasteiger partial charge in [0, 0.05) is 7.11 Å². The van der Waals surface area contributed by atoms with Crippen LogP contribution in [0.3, 0.4) is 0 Å². The second-order valence-corrected chi connectivity index (χ2v) is 2.34.